The Hall–Kier alpha value is -2.16. The summed E-state index contributed by atoms with van der Waals surface area (Å²) in [5.41, 5.74) is 1.28. The van der Waals surface area contributed by atoms with Crippen LogP contribution in [0.2, 0.25) is 0 Å². The quantitative estimate of drug-likeness (QED) is 0.415. The number of ether oxygens (including phenoxy) is 2. The Balaban J connectivity index is 1.21. The molecular formula is C30H40F3N3O3. The van der Waals surface area contributed by atoms with Crippen molar-refractivity contribution < 1.29 is 27.4 Å². The van der Waals surface area contributed by atoms with E-state index in [1.807, 2.05) is 18.2 Å². The van der Waals surface area contributed by atoms with Crippen LogP contribution in [0.15, 0.2) is 18.2 Å². The highest BCUT2D eigenvalue weighted by atomic mass is 19.4. The maximum Gasteiger partial charge on any atom is 0.391 e. The molecule has 4 aliphatic rings. The van der Waals surface area contributed by atoms with Crippen LogP contribution in [-0.4, -0.2) is 47.8 Å². The number of fused-ring (bicyclic) bond motifs is 6. The number of alkyl halides is 3. The maximum absolute atomic E-state index is 13.8. The van der Waals surface area contributed by atoms with E-state index in [0.717, 1.165) is 44.0 Å². The monoisotopic (exact) mass is 547 g/mol. The molecule has 0 N–H and O–H groups in total. The summed E-state index contributed by atoms with van der Waals surface area (Å²) in [6.07, 6.45) is 2.59. The van der Waals surface area contributed by atoms with Crippen LogP contribution in [0, 0.1) is 46.3 Å². The van der Waals surface area contributed by atoms with E-state index < -0.39 is 12.1 Å². The summed E-state index contributed by atoms with van der Waals surface area (Å²) in [6, 6.07) is 5.58. The number of benzene rings is 1. The number of carbonyl (C=O) groups excluding carboxylic acids is 1. The number of halogens is 3. The van der Waals surface area contributed by atoms with Crippen LogP contribution in [-0.2, 0) is 16.1 Å². The van der Waals surface area contributed by atoms with Crippen LogP contribution < -0.4 is 4.74 Å². The van der Waals surface area contributed by atoms with Gasteiger partial charge in [-0.1, -0.05) is 12.1 Å². The van der Waals surface area contributed by atoms with Gasteiger partial charge in [-0.3, -0.25) is 4.79 Å². The second kappa shape index (κ2) is 9.74. The first-order valence-electron chi connectivity index (χ1n) is 14.6. The molecule has 214 valence electrons. The molecule has 1 aromatic carbocycles. The van der Waals surface area contributed by atoms with Crippen LogP contribution in [0.4, 0.5) is 13.2 Å². The fraction of sp³-hybridized carbons (Fsp3) is 0.767. The van der Waals surface area contributed by atoms with Crippen molar-refractivity contribution in [1.82, 2.24) is 15.0 Å². The van der Waals surface area contributed by atoms with Crippen LogP contribution in [0.5, 0.6) is 5.75 Å². The van der Waals surface area contributed by atoms with E-state index in [1.165, 1.54) is 0 Å². The van der Waals surface area contributed by atoms with Crippen molar-refractivity contribution in [2.24, 2.45) is 46.3 Å². The zero-order valence-electron chi connectivity index (χ0n) is 23.2. The van der Waals surface area contributed by atoms with E-state index in [9.17, 15) is 18.0 Å². The highest BCUT2D eigenvalue weighted by Crippen LogP contribution is 2.68. The van der Waals surface area contributed by atoms with E-state index in [2.05, 4.69) is 17.2 Å². The molecule has 0 bridgehead atoms. The van der Waals surface area contributed by atoms with Gasteiger partial charge in [-0.15, -0.1) is 5.10 Å². The average Bonchev–Trinajstić information content (AvgIpc) is 3.47. The van der Waals surface area contributed by atoms with Crippen molar-refractivity contribution in [3.63, 3.8) is 0 Å². The van der Waals surface area contributed by atoms with Gasteiger partial charge in [0.1, 0.15) is 17.8 Å². The Morgan fingerprint density at radius 1 is 1.08 bits per heavy atom. The van der Waals surface area contributed by atoms with Gasteiger partial charge in [-0.05, 0) is 104 Å². The maximum atomic E-state index is 13.8. The standard InChI is InChI=1S/C30H40F3N3O3/c1-28-12-11-23-21(6-4-18-14-19(30(31,32)33)10-13-29(18,23)17-38-2)22(28)7-8-24(28)27(37)16-36-26-9-5-20(39-3)15-25(26)34-35-36/h5,9,15,18-19,21-24H,4,6-8,10-14,16-17H2,1-3H3/t18-,19+,21+,22?,23?,24-,28+,29-/m1/s1. The van der Waals surface area contributed by atoms with Crippen molar-refractivity contribution >= 4 is 16.8 Å². The Kier molecular flexibility index (Phi) is 6.75. The summed E-state index contributed by atoms with van der Waals surface area (Å²) in [6.45, 7) is 3.07. The molecule has 8 atom stereocenters. The van der Waals surface area contributed by atoms with Crippen LogP contribution in [0.3, 0.4) is 0 Å². The Morgan fingerprint density at radius 2 is 1.90 bits per heavy atom. The number of nitrogens with zero attached hydrogens (tertiary/aromatic N) is 3. The van der Waals surface area contributed by atoms with Gasteiger partial charge in [-0.2, -0.15) is 13.2 Å². The van der Waals surface area contributed by atoms with Gasteiger partial charge in [0.25, 0.3) is 0 Å². The van der Waals surface area contributed by atoms with Gasteiger partial charge in [0.05, 0.1) is 25.2 Å². The summed E-state index contributed by atoms with van der Waals surface area (Å²) in [5.74, 6) is 1.04. The van der Waals surface area contributed by atoms with E-state index in [1.54, 1.807) is 18.9 Å². The predicted octanol–water partition coefficient (Wildman–Crippen LogP) is 6.47. The van der Waals surface area contributed by atoms with Gasteiger partial charge in [-0.25, -0.2) is 4.68 Å². The summed E-state index contributed by atoms with van der Waals surface area (Å²) in [4.78, 5) is 13.8. The van der Waals surface area contributed by atoms with Crippen molar-refractivity contribution in [3.05, 3.63) is 18.2 Å². The molecule has 0 aliphatic heterocycles. The lowest BCUT2D eigenvalue weighted by molar-refractivity contribution is -0.217. The molecule has 1 heterocycles. The molecule has 2 aromatic rings. The minimum absolute atomic E-state index is 0.0296. The fourth-order valence-electron chi connectivity index (χ4n) is 9.88. The molecule has 0 radical (unpaired) electrons. The Bertz CT molecular complexity index is 1230. The summed E-state index contributed by atoms with van der Waals surface area (Å²) in [5, 5.41) is 8.51. The fourth-order valence-corrected chi connectivity index (χ4v) is 9.88. The third-order valence-electron chi connectivity index (χ3n) is 11.7. The number of rotatable bonds is 6. The average molecular weight is 548 g/mol. The molecule has 2 unspecified atom stereocenters. The van der Waals surface area contributed by atoms with Crippen molar-refractivity contribution in [1.29, 1.82) is 0 Å². The van der Waals surface area contributed by atoms with Crippen molar-refractivity contribution in [2.45, 2.75) is 77.4 Å². The normalized spacial score (nSPS) is 38.2. The summed E-state index contributed by atoms with van der Waals surface area (Å²) >= 11 is 0. The zero-order chi connectivity index (χ0) is 27.6. The van der Waals surface area contributed by atoms with Gasteiger partial charge in [0, 0.05) is 19.1 Å². The summed E-state index contributed by atoms with van der Waals surface area (Å²) in [7, 11) is 3.31. The van der Waals surface area contributed by atoms with E-state index in [4.69, 9.17) is 9.47 Å². The number of hydrogen-bond donors (Lipinski definition) is 0. The lowest BCUT2D eigenvalue weighted by Crippen LogP contribution is -2.57. The molecular weight excluding hydrogens is 507 g/mol. The predicted molar refractivity (Wildman–Crippen MR) is 140 cm³/mol. The third kappa shape index (κ3) is 4.29. The number of methoxy groups -OCH3 is 2. The molecule has 0 spiro atoms. The smallest absolute Gasteiger partial charge is 0.391 e. The first-order valence-corrected chi connectivity index (χ1v) is 14.6. The first kappa shape index (κ1) is 27.0. The van der Waals surface area contributed by atoms with Gasteiger partial charge >= 0.3 is 6.18 Å². The number of aromatic nitrogens is 3. The van der Waals surface area contributed by atoms with E-state index in [-0.39, 0.29) is 47.8 Å². The second-order valence-corrected chi connectivity index (χ2v) is 13.1. The highest BCUT2D eigenvalue weighted by Gasteiger charge is 2.63. The Labute approximate surface area is 228 Å². The van der Waals surface area contributed by atoms with Crippen LogP contribution in [0.1, 0.15) is 64.7 Å². The topological polar surface area (TPSA) is 66.2 Å². The highest BCUT2D eigenvalue weighted by molar-refractivity contribution is 5.84. The van der Waals surface area contributed by atoms with Crippen molar-refractivity contribution in [2.75, 3.05) is 20.8 Å². The van der Waals surface area contributed by atoms with Gasteiger partial charge in [0.15, 0.2) is 5.78 Å². The summed E-state index contributed by atoms with van der Waals surface area (Å²) < 4.78 is 53.7. The Morgan fingerprint density at radius 3 is 2.64 bits per heavy atom. The van der Waals surface area contributed by atoms with Crippen molar-refractivity contribution in [3.8, 4) is 5.75 Å². The number of Topliss-reactive ketones (excluding diaryl/α,β-unsaturated/α-hetero) is 1. The molecule has 0 amide bonds. The molecule has 4 saturated carbocycles. The minimum Gasteiger partial charge on any atom is -0.497 e. The minimum atomic E-state index is -4.11. The lowest BCUT2D eigenvalue weighted by atomic mass is 9.43. The number of ketones is 1. The van der Waals surface area contributed by atoms with E-state index >= 15 is 0 Å². The van der Waals surface area contributed by atoms with Gasteiger partial charge in [0.2, 0.25) is 0 Å². The van der Waals surface area contributed by atoms with Crippen LogP contribution >= 0.6 is 0 Å². The van der Waals surface area contributed by atoms with E-state index in [0.29, 0.717) is 42.0 Å². The molecule has 6 rings (SSSR count). The van der Waals surface area contributed by atoms with Crippen LogP contribution in [0.25, 0.3) is 11.0 Å². The third-order valence-corrected chi connectivity index (χ3v) is 11.7. The largest absolute Gasteiger partial charge is 0.497 e. The second-order valence-electron chi connectivity index (χ2n) is 13.1. The molecule has 6 nitrogen and oxygen atoms in total. The zero-order valence-corrected chi connectivity index (χ0v) is 23.2. The molecule has 1 aromatic heterocycles. The first-order chi connectivity index (χ1) is 18.6. The molecule has 4 aliphatic carbocycles. The SMILES string of the molecule is COC[C@]12CC[C@H](C(F)(F)F)C[C@H]1CC[C@@H]1C2CC[C@@]2(C)C1CC[C@@H]2C(=O)Cn1nnc2cc(OC)ccc21. The molecule has 39 heavy (non-hydrogen) atoms. The lowest BCUT2D eigenvalue weighted by Gasteiger charge is -2.62. The molecule has 0 saturated heterocycles. The molecule has 4 fully saturated rings. The number of hydrogen-bond acceptors (Lipinski definition) is 5. The molecule has 9 heteroatoms. The number of carbonyl (C=O) groups is 1. The van der Waals surface area contributed by atoms with Gasteiger partial charge < -0.3 is 9.47 Å².